The smallest absolute Gasteiger partial charge is 0.315 e. The number of carbonyl (C=O) groups is 4. The Kier molecular flexibility index (Phi) is 6.46. The Bertz CT molecular complexity index is 1810. The van der Waals surface area contributed by atoms with E-state index in [1.54, 1.807) is 24.3 Å². The van der Waals surface area contributed by atoms with Crippen molar-refractivity contribution in [1.29, 1.82) is 0 Å². The number of carbonyl (C=O) groups excluding carboxylic acids is 2. The lowest BCUT2D eigenvalue weighted by atomic mass is 9.82. The van der Waals surface area contributed by atoms with Crippen LogP contribution in [0.1, 0.15) is 39.2 Å². The van der Waals surface area contributed by atoms with E-state index in [1.807, 2.05) is 63.3 Å². The van der Waals surface area contributed by atoms with Crippen LogP contribution in [0.4, 0.5) is 0 Å². The standard InChI is InChI=1S/C36H34O8/c1-36(2,3)24-10-6-9-23-29(24)31(44-35(42)28-20-14-12-18(16-20)26(28)33(39)40)22-8-5-4-7-21(22)30(23)43-34(41)27-19-13-11-17(15-19)25(27)32(37)38/h4-14,17-20,25-28H,15-16H2,1-3H3,(H,37,38)(H,39,40). The van der Waals surface area contributed by atoms with Crippen molar-refractivity contribution in [3.63, 3.8) is 0 Å². The van der Waals surface area contributed by atoms with Gasteiger partial charge in [0.25, 0.3) is 0 Å². The van der Waals surface area contributed by atoms with Crippen LogP contribution >= 0.6 is 0 Å². The molecule has 226 valence electrons. The normalized spacial score (nSPS) is 29.9. The molecule has 8 heteroatoms. The number of carboxylic acids is 2. The van der Waals surface area contributed by atoms with Gasteiger partial charge in [0.1, 0.15) is 11.5 Å². The van der Waals surface area contributed by atoms with Crippen molar-refractivity contribution in [3.8, 4) is 11.5 Å². The number of ether oxygens (including phenoxy) is 2. The fraction of sp³-hybridized carbons (Fsp3) is 0.389. The molecule has 2 N–H and O–H groups in total. The first-order chi connectivity index (χ1) is 21.0. The molecular formula is C36H34O8. The zero-order valence-electron chi connectivity index (χ0n) is 24.7. The summed E-state index contributed by atoms with van der Waals surface area (Å²) in [5, 5.41) is 22.2. The summed E-state index contributed by atoms with van der Waals surface area (Å²) in [6.45, 7) is 6.11. The van der Waals surface area contributed by atoms with Crippen LogP contribution in [0.3, 0.4) is 0 Å². The van der Waals surface area contributed by atoms with Gasteiger partial charge in [-0.25, -0.2) is 0 Å². The summed E-state index contributed by atoms with van der Waals surface area (Å²) in [7, 11) is 0. The Morgan fingerprint density at radius 3 is 1.52 bits per heavy atom. The van der Waals surface area contributed by atoms with Gasteiger partial charge in [0.15, 0.2) is 0 Å². The average Bonchev–Trinajstić information content (AvgIpc) is 3.79. The lowest BCUT2D eigenvalue weighted by Crippen LogP contribution is -2.36. The maximum Gasteiger partial charge on any atom is 0.315 e. The average molecular weight is 595 g/mol. The zero-order valence-corrected chi connectivity index (χ0v) is 24.7. The molecule has 2 saturated carbocycles. The summed E-state index contributed by atoms with van der Waals surface area (Å²) in [5.41, 5.74) is 0.446. The molecule has 7 rings (SSSR count). The molecule has 4 aliphatic rings. The summed E-state index contributed by atoms with van der Waals surface area (Å²) in [4.78, 5) is 52.1. The van der Waals surface area contributed by atoms with E-state index >= 15 is 0 Å². The van der Waals surface area contributed by atoms with Crippen molar-refractivity contribution in [1.82, 2.24) is 0 Å². The summed E-state index contributed by atoms with van der Waals surface area (Å²) < 4.78 is 12.5. The maximum absolute atomic E-state index is 13.9. The van der Waals surface area contributed by atoms with Crippen LogP contribution in [0.25, 0.3) is 21.5 Å². The molecule has 4 aliphatic carbocycles. The topological polar surface area (TPSA) is 127 Å². The third kappa shape index (κ3) is 4.25. The van der Waals surface area contributed by atoms with Gasteiger partial charge in [-0.2, -0.15) is 0 Å². The number of allylic oxidation sites excluding steroid dienone is 4. The van der Waals surface area contributed by atoms with Gasteiger partial charge in [-0.3, -0.25) is 19.2 Å². The number of hydrogen-bond acceptors (Lipinski definition) is 6. The predicted octanol–water partition coefficient (Wildman–Crippen LogP) is 6.15. The third-order valence-electron chi connectivity index (χ3n) is 10.2. The maximum atomic E-state index is 13.9. The number of esters is 2. The van der Waals surface area contributed by atoms with Crippen molar-refractivity contribution >= 4 is 45.4 Å². The van der Waals surface area contributed by atoms with E-state index in [1.165, 1.54) is 0 Å². The first-order valence-electron chi connectivity index (χ1n) is 15.2. The van der Waals surface area contributed by atoms with E-state index in [4.69, 9.17) is 9.47 Å². The molecule has 4 bridgehead atoms. The predicted molar refractivity (Wildman–Crippen MR) is 162 cm³/mol. The highest BCUT2D eigenvalue weighted by Crippen LogP contribution is 2.52. The van der Waals surface area contributed by atoms with Crippen LogP contribution < -0.4 is 9.47 Å². The number of hydrogen-bond donors (Lipinski definition) is 2. The van der Waals surface area contributed by atoms with E-state index in [2.05, 4.69) is 0 Å². The molecule has 0 aliphatic heterocycles. The Hall–Kier alpha value is -4.46. The number of aliphatic carboxylic acids is 2. The van der Waals surface area contributed by atoms with Crippen LogP contribution in [0.5, 0.6) is 11.5 Å². The Labute approximate surface area is 254 Å². The summed E-state index contributed by atoms with van der Waals surface area (Å²) in [6.07, 6.45) is 8.83. The van der Waals surface area contributed by atoms with Crippen molar-refractivity contribution in [2.75, 3.05) is 0 Å². The quantitative estimate of drug-likeness (QED) is 0.151. The molecule has 3 aromatic carbocycles. The Morgan fingerprint density at radius 1 is 0.614 bits per heavy atom. The minimum Gasteiger partial charge on any atom is -0.481 e. The van der Waals surface area contributed by atoms with Gasteiger partial charge in [0, 0.05) is 21.5 Å². The molecule has 0 heterocycles. The van der Waals surface area contributed by atoms with E-state index in [-0.39, 0.29) is 29.4 Å². The number of benzene rings is 3. The SMILES string of the molecule is CC(C)(C)c1cccc2c(OC(=O)C3C4C=CC(C4)C3C(=O)O)c3ccccc3c(OC(=O)C3C4C=CC(C4)C3C(=O)O)c12. The van der Waals surface area contributed by atoms with Crippen LogP contribution in [0.15, 0.2) is 66.8 Å². The van der Waals surface area contributed by atoms with Gasteiger partial charge in [0.05, 0.1) is 23.7 Å². The fourth-order valence-electron chi connectivity index (χ4n) is 8.28. The van der Waals surface area contributed by atoms with E-state index in [9.17, 15) is 29.4 Å². The molecule has 0 amide bonds. The van der Waals surface area contributed by atoms with Gasteiger partial charge in [-0.1, -0.05) is 87.5 Å². The van der Waals surface area contributed by atoms with Crippen LogP contribution in [-0.4, -0.2) is 34.1 Å². The van der Waals surface area contributed by atoms with Crippen LogP contribution in [0, 0.1) is 47.3 Å². The lowest BCUT2D eigenvalue weighted by molar-refractivity contribution is -0.152. The van der Waals surface area contributed by atoms with Crippen LogP contribution in [-0.2, 0) is 24.6 Å². The highest BCUT2D eigenvalue weighted by atomic mass is 16.5. The molecule has 0 saturated heterocycles. The fourth-order valence-corrected chi connectivity index (χ4v) is 8.28. The second-order valence-electron chi connectivity index (χ2n) is 13.7. The van der Waals surface area contributed by atoms with E-state index in [0.29, 0.717) is 40.1 Å². The van der Waals surface area contributed by atoms with E-state index < -0.39 is 53.0 Å². The van der Waals surface area contributed by atoms with Crippen molar-refractivity contribution in [2.24, 2.45) is 47.3 Å². The Balaban J connectivity index is 1.38. The first-order valence-corrected chi connectivity index (χ1v) is 15.2. The van der Waals surface area contributed by atoms with Crippen molar-refractivity contribution in [2.45, 2.75) is 39.0 Å². The monoisotopic (exact) mass is 594 g/mol. The van der Waals surface area contributed by atoms with Gasteiger partial charge < -0.3 is 19.7 Å². The Morgan fingerprint density at radius 2 is 1.05 bits per heavy atom. The van der Waals surface area contributed by atoms with Gasteiger partial charge in [0.2, 0.25) is 0 Å². The molecule has 3 aromatic rings. The molecular weight excluding hydrogens is 560 g/mol. The molecule has 8 nitrogen and oxygen atoms in total. The molecule has 8 unspecified atom stereocenters. The zero-order chi connectivity index (χ0) is 31.1. The number of carboxylic acid groups (broad SMARTS) is 2. The van der Waals surface area contributed by atoms with Crippen molar-refractivity contribution in [3.05, 3.63) is 72.3 Å². The molecule has 0 aromatic heterocycles. The molecule has 44 heavy (non-hydrogen) atoms. The summed E-state index contributed by atoms with van der Waals surface area (Å²) in [6, 6.07) is 12.8. The third-order valence-corrected chi connectivity index (χ3v) is 10.2. The highest BCUT2D eigenvalue weighted by Gasteiger charge is 2.54. The number of fused-ring (bicyclic) bond motifs is 6. The molecule has 0 radical (unpaired) electrons. The largest absolute Gasteiger partial charge is 0.481 e. The van der Waals surface area contributed by atoms with Gasteiger partial charge in [-0.05, 0) is 47.5 Å². The summed E-state index contributed by atoms with van der Waals surface area (Å²) in [5.74, 6) is -6.74. The highest BCUT2D eigenvalue weighted by molar-refractivity contribution is 6.14. The molecule has 0 spiro atoms. The van der Waals surface area contributed by atoms with Crippen molar-refractivity contribution < 1.29 is 38.9 Å². The second-order valence-corrected chi connectivity index (χ2v) is 13.7. The van der Waals surface area contributed by atoms with Gasteiger partial charge in [-0.15, -0.1) is 0 Å². The molecule has 2 fully saturated rings. The lowest BCUT2D eigenvalue weighted by Gasteiger charge is -2.27. The number of rotatable bonds is 6. The first kappa shape index (κ1) is 28.3. The van der Waals surface area contributed by atoms with Gasteiger partial charge >= 0.3 is 23.9 Å². The second kappa shape index (κ2) is 10.0. The molecule has 8 atom stereocenters. The summed E-state index contributed by atoms with van der Waals surface area (Å²) >= 11 is 0. The van der Waals surface area contributed by atoms with Crippen LogP contribution in [0.2, 0.25) is 0 Å². The minimum absolute atomic E-state index is 0.200. The van der Waals surface area contributed by atoms with E-state index in [0.717, 1.165) is 5.56 Å². The minimum atomic E-state index is -1.01.